The molecule has 0 amide bonds. The average Bonchev–Trinajstić information content (AvgIpc) is 3.37. The van der Waals surface area contributed by atoms with E-state index in [1.165, 1.54) is 66.6 Å². The summed E-state index contributed by atoms with van der Waals surface area (Å²) in [6.45, 7) is 7.15. The monoisotopic (exact) mass is 598 g/mol. The van der Waals surface area contributed by atoms with Crippen LogP contribution in [0.1, 0.15) is 73.5 Å². The van der Waals surface area contributed by atoms with Gasteiger partial charge in [0.1, 0.15) is 6.04 Å². The molecule has 3 nitrogen and oxygen atoms in total. The number of hydrogen-bond acceptors (Lipinski definition) is 2. The highest BCUT2D eigenvalue weighted by molar-refractivity contribution is 5.95. The van der Waals surface area contributed by atoms with Crippen molar-refractivity contribution in [3.63, 3.8) is 0 Å². The zero-order chi connectivity index (χ0) is 31.0. The van der Waals surface area contributed by atoms with Crippen molar-refractivity contribution < 1.29 is 5.01 Å². The van der Waals surface area contributed by atoms with E-state index in [1.54, 1.807) is 0 Å². The largest absolute Gasteiger partial charge is 0.257 e. The highest BCUT2D eigenvalue weighted by Crippen LogP contribution is 2.54. The van der Waals surface area contributed by atoms with Gasteiger partial charge in [0, 0.05) is 22.5 Å². The second-order valence-electron chi connectivity index (χ2n) is 14.2. The van der Waals surface area contributed by atoms with Crippen molar-refractivity contribution in [2.75, 3.05) is 5.01 Å². The molecule has 46 heavy (non-hydrogen) atoms. The molecular weight excluding hydrogens is 558 g/mol. The number of fused-ring (bicyclic) bond motifs is 6. The molecule has 4 aromatic carbocycles. The fourth-order valence-electron chi connectivity index (χ4n) is 8.57. The van der Waals surface area contributed by atoms with Crippen LogP contribution >= 0.6 is 0 Å². The Hall–Kier alpha value is -4.73. The third kappa shape index (κ3) is 4.11. The van der Waals surface area contributed by atoms with Crippen LogP contribution in [-0.4, -0.2) is 11.9 Å². The zero-order valence-corrected chi connectivity index (χ0v) is 26.8. The molecule has 1 N–H and O–H groups in total. The van der Waals surface area contributed by atoms with Crippen LogP contribution in [-0.2, 0) is 5.41 Å². The maximum Gasteiger partial charge on any atom is 0.257 e. The molecule has 9 rings (SSSR count). The first-order valence-electron chi connectivity index (χ1n) is 16.9. The summed E-state index contributed by atoms with van der Waals surface area (Å²) in [4.78, 5) is 5.44. The van der Waals surface area contributed by atoms with Crippen LogP contribution in [0.3, 0.4) is 0 Å². The van der Waals surface area contributed by atoms with Gasteiger partial charge in [0.15, 0.2) is 0 Å². The third-order valence-corrected chi connectivity index (χ3v) is 10.9. The van der Waals surface area contributed by atoms with Crippen molar-refractivity contribution in [2.45, 2.75) is 57.2 Å². The first-order valence-corrected chi connectivity index (χ1v) is 16.9. The lowest BCUT2D eigenvalue weighted by Crippen LogP contribution is -3.25. The molecule has 0 aromatic heterocycles. The molecule has 0 saturated heterocycles. The molecular formula is C43H40N3+. The number of hydrogen-bond donors (Lipinski definition) is 1. The number of anilines is 1. The first-order chi connectivity index (χ1) is 22.5. The lowest BCUT2D eigenvalue weighted by molar-refractivity contribution is -0.872. The predicted octanol–water partition coefficient (Wildman–Crippen LogP) is 8.74. The number of rotatable bonds is 4. The summed E-state index contributed by atoms with van der Waals surface area (Å²) < 4.78 is 0. The minimum atomic E-state index is -0.0641. The second kappa shape index (κ2) is 10.4. The molecule has 0 fully saturated rings. The molecule has 0 spiro atoms. The van der Waals surface area contributed by atoms with E-state index in [-0.39, 0.29) is 23.5 Å². The third-order valence-electron chi connectivity index (χ3n) is 10.9. The Morgan fingerprint density at radius 1 is 0.848 bits per heavy atom. The van der Waals surface area contributed by atoms with Gasteiger partial charge in [-0.15, -0.1) is 0 Å². The molecule has 2 heterocycles. The molecule has 2 aliphatic heterocycles. The van der Waals surface area contributed by atoms with E-state index in [2.05, 4.69) is 159 Å². The predicted molar refractivity (Wildman–Crippen MR) is 190 cm³/mol. The van der Waals surface area contributed by atoms with E-state index in [1.807, 2.05) is 0 Å². The topological polar surface area (TPSA) is 20.0 Å². The number of aliphatic imine (C=N–C) groups is 1. The molecule has 5 atom stereocenters. The summed E-state index contributed by atoms with van der Waals surface area (Å²) in [7, 11) is 0. The van der Waals surface area contributed by atoms with Crippen LogP contribution in [0.15, 0.2) is 144 Å². The summed E-state index contributed by atoms with van der Waals surface area (Å²) in [5.41, 5.74) is 13.5. The highest BCUT2D eigenvalue weighted by atomic mass is 15.7. The van der Waals surface area contributed by atoms with Crippen molar-refractivity contribution in [3.05, 3.63) is 167 Å². The SMILES string of the molecule is CC1CC=CC=C(C2=NC(c3ccccc3)[NH+]2N2c3cc4c(cc3C3C=CC(c5ccccc5)=CC32)-c2ccccc2C4(C)C)C1. The molecule has 3 aliphatic carbocycles. The molecule has 0 bridgehead atoms. The molecule has 4 aromatic rings. The van der Waals surface area contributed by atoms with E-state index in [9.17, 15) is 0 Å². The van der Waals surface area contributed by atoms with Crippen molar-refractivity contribution in [3.8, 4) is 11.1 Å². The van der Waals surface area contributed by atoms with Gasteiger partial charge in [-0.1, -0.05) is 136 Å². The minimum absolute atomic E-state index is 0.00387. The maximum atomic E-state index is 5.44. The van der Waals surface area contributed by atoms with Gasteiger partial charge < -0.3 is 0 Å². The normalized spacial score (nSPS) is 26.5. The minimum Gasteiger partial charge on any atom is -0.209 e. The lowest BCUT2D eigenvalue weighted by atomic mass is 9.81. The second-order valence-corrected chi connectivity index (χ2v) is 14.2. The van der Waals surface area contributed by atoms with Crippen molar-refractivity contribution in [1.82, 2.24) is 0 Å². The van der Waals surface area contributed by atoms with Crippen molar-refractivity contribution in [1.29, 1.82) is 0 Å². The van der Waals surface area contributed by atoms with Gasteiger partial charge >= 0.3 is 0 Å². The van der Waals surface area contributed by atoms with E-state index in [0.717, 1.165) is 12.8 Å². The Morgan fingerprint density at radius 2 is 1.61 bits per heavy atom. The van der Waals surface area contributed by atoms with Gasteiger partial charge in [0.2, 0.25) is 6.17 Å². The Balaban J connectivity index is 1.25. The molecule has 5 aliphatic rings. The van der Waals surface area contributed by atoms with Crippen LogP contribution in [0.4, 0.5) is 5.69 Å². The van der Waals surface area contributed by atoms with Crippen LogP contribution in [0.2, 0.25) is 0 Å². The highest BCUT2D eigenvalue weighted by Gasteiger charge is 2.53. The Bertz CT molecular complexity index is 2010. The molecule has 0 radical (unpaired) electrons. The quantitative estimate of drug-likeness (QED) is 0.249. The first kappa shape index (κ1) is 27.6. The maximum absolute atomic E-state index is 5.44. The number of amidine groups is 1. The number of quaternary nitrogens is 1. The van der Waals surface area contributed by atoms with Gasteiger partial charge in [-0.3, -0.25) is 0 Å². The molecule has 226 valence electrons. The summed E-state index contributed by atoms with van der Waals surface area (Å²) in [6, 6.07) is 36.0. The standard InChI is InChI=1S/C43H39N3/c1-28-14-10-11-19-32(24-28)42-44-41(30-17-8-5-9-18-30)46(42)45-39-25-31(29-15-6-4-7-16-29)22-23-34(39)36-26-35-33-20-12-13-21-37(33)43(2,3)38(35)27-40(36)45/h4-13,15-23,25-28,34,39,41H,14,24H2,1-3H3/p+1. The van der Waals surface area contributed by atoms with Gasteiger partial charge in [-0.25, -0.2) is 5.01 Å². The van der Waals surface area contributed by atoms with Crippen molar-refractivity contribution >= 4 is 17.1 Å². The van der Waals surface area contributed by atoms with Gasteiger partial charge in [-0.05, 0) is 75.9 Å². The average molecular weight is 599 g/mol. The van der Waals surface area contributed by atoms with E-state index >= 15 is 0 Å². The number of nitrogens with zero attached hydrogens (tertiary/aromatic N) is 2. The summed E-state index contributed by atoms with van der Waals surface area (Å²) in [6.07, 6.45) is 16.4. The smallest absolute Gasteiger partial charge is 0.209 e. The lowest BCUT2D eigenvalue weighted by Gasteiger charge is -2.43. The Morgan fingerprint density at radius 3 is 2.43 bits per heavy atom. The fraction of sp³-hybridized carbons (Fsp3) is 0.233. The zero-order valence-electron chi connectivity index (χ0n) is 26.8. The van der Waals surface area contributed by atoms with Crippen LogP contribution in [0.5, 0.6) is 0 Å². The van der Waals surface area contributed by atoms with Crippen molar-refractivity contribution in [2.24, 2.45) is 10.9 Å². The fourth-order valence-corrected chi connectivity index (χ4v) is 8.57. The molecule has 0 saturated carbocycles. The number of nitrogens with one attached hydrogen (secondary N) is 1. The van der Waals surface area contributed by atoms with Gasteiger partial charge in [0.25, 0.3) is 5.84 Å². The summed E-state index contributed by atoms with van der Waals surface area (Å²) in [5, 5.41) is 4.05. The van der Waals surface area contributed by atoms with E-state index in [0.29, 0.717) is 5.92 Å². The van der Waals surface area contributed by atoms with Gasteiger partial charge in [0.05, 0.1) is 5.69 Å². The summed E-state index contributed by atoms with van der Waals surface area (Å²) >= 11 is 0. The van der Waals surface area contributed by atoms with Crippen LogP contribution < -0.4 is 10.0 Å². The van der Waals surface area contributed by atoms with E-state index < -0.39 is 0 Å². The summed E-state index contributed by atoms with van der Waals surface area (Å²) in [5.74, 6) is 2.04. The van der Waals surface area contributed by atoms with Gasteiger partial charge in [-0.2, -0.15) is 10.0 Å². The Kier molecular flexibility index (Phi) is 6.23. The van der Waals surface area contributed by atoms with E-state index in [4.69, 9.17) is 4.99 Å². The molecule has 5 unspecified atom stereocenters. The van der Waals surface area contributed by atoms with Crippen LogP contribution in [0, 0.1) is 5.92 Å². The Labute approximate surface area is 272 Å². The molecule has 3 heteroatoms. The van der Waals surface area contributed by atoms with Crippen LogP contribution in [0.25, 0.3) is 16.7 Å². The number of allylic oxidation sites excluding steroid dienone is 5. The number of benzene rings is 4.